The monoisotopic (exact) mass is 311 g/mol. The van der Waals surface area contributed by atoms with E-state index in [1.165, 1.54) is 18.2 Å². The predicted molar refractivity (Wildman–Crippen MR) is 74.8 cm³/mol. The van der Waals surface area contributed by atoms with Crippen molar-refractivity contribution in [2.75, 3.05) is 0 Å². The first kappa shape index (κ1) is 14.5. The zero-order valence-electron chi connectivity index (χ0n) is 11.6. The molecule has 2 heterocycles. The van der Waals surface area contributed by atoms with Crippen molar-refractivity contribution in [1.29, 1.82) is 0 Å². The first-order valence-electron chi connectivity index (χ1n) is 6.88. The van der Waals surface area contributed by atoms with Crippen LogP contribution in [0.3, 0.4) is 0 Å². The summed E-state index contributed by atoms with van der Waals surface area (Å²) >= 11 is 0. The zero-order chi connectivity index (χ0) is 15.2. The van der Waals surface area contributed by atoms with Crippen molar-refractivity contribution < 1.29 is 23.1 Å². The molecule has 2 N–H and O–H groups in total. The lowest BCUT2D eigenvalue weighted by molar-refractivity contribution is 0.0696. The molecule has 114 valence electrons. The maximum atomic E-state index is 12.5. The molecule has 6 nitrogen and oxygen atoms in total. The predicted octanol–water partition coefficient (Wildman–Crippen LogP) is 1.29. The molecule has 2 aliphatic heterocycles. The zero-order valence-corrected chi connectivity index (χ0v) is 12.4. The average molecular weight is 311 g/mol. The van der Waals surface area contributed by atoms with Crippen LogP contribution in [0.15, 0.2) is 23.1 Å². The second-order valence-electron chi connectivity index (χ2n) is 5.62. The number of carboxylic acids is 1. The third kappa shape index (κ3) is 2.68. The summed E-state index contributed by atoms with van der Waals surface area (Å²) in [5.41, 5.74) is 0.488. The van der Waals surface area contributed by atoms with Crippen LogP contribution in [0.4, 0.5) is 0 Å². The Kier molecular flexibility index (Phi) is 3.51. The number of aryl methyl sites for hydroxylation is 1. The van der Waals surface area contributed by atoms with E-state index in [2.05, 4.69) is 4.72 Å². The lowest BCUT2D eigenvalue weighted by Gasteiger charge is -2.20. The van der Waals surface area contributed by atoms with Crippen molar-refractivity contribution >= 4 is 16.0 Å². The normalized spacial score (nSPS) is 28.0. The molecule has 1 aromatic carbocycles. The van der Waals surface area contributed by atoms with Crippen molar-refractivity contribution in [2.45, 2.75) is 49.3 Å². The number of fused-ring (bicyclic) bond motifs is 2. The molecule has 21 heavy (non-hydrogen) atoms. The maximum Gasteiger partial charge on any atom is 0.335 e. The van der Waals surface area contributed by atoms with Crippen LogP contribution < -0.4 is 4.72 Å². The van der Waals surface area contributed by atoms with Crippen LogP contribution in [0.2, 0.25) is 0 Å². The Morgan fingerprint density at radius 1 is 1.38 bits per heavy atom. The van der Waals surface area contributed by atoms with Crippen molar-refractivity contribution in [3.05, 3.63) is 29.3 Å². The van der Waals surface area contributed by atoms with Gasteiger partial charge in [0.15, 0.2) is 0 Å². The molecule has 2 aliphatic rings. The lowest BCUT2D eigenvalue weighted by Crippen LogP contribution is -2.41. The molecule has 3 atom stereocenters. The Morgan fingerprint density at radius 3 is 2.71 bits per heavy atom. The third-order valence-corrected chi connectivity index (χ3v) is 5.77. The highest BCUT2D eigenvalue weighted by atomic mass is 32.2. The molecular formula is C14H17NO5S. The lowest BCUT2D eigenvalue weighted by atomic mass is 9.96. The number of aromatic carboxylic acids is 1. The Morgan fingerprint density at radius 2 is 2.14 bits per heavy atom. The molecule has 0 aromatic heterocycles. The number of hydrogen-bond donors (Lipinski definition) is 2. The molecule has 0 spiro atoms. The molecule has 2 fully saturated rings. The molecule has 0 aliphatic carbocycles. The van der Waals surface area contributed by atoms with E-state index >= 15 is 0 Å². The van der Waals surface area contributed by atoms with Gasteiger partial charge < -0.3 is 9.84 Å². The van der Waals surface area contributed by atoms with Gasteiger partial charge in [0.2, 0.25) is 10.0 Å². The minimum Gasteiger partial charge on any atom is -0.478 e. The van der Waals surface area contributed by atoms with E-state index in [9.17, 15) is 13.2 Å². The Labute approximate surface area is 123 Å². The minimum atomic E-state index is -3.75. The number of nitrogens with one attached hydrogen (secondary N) is 1. The van der Waals surface area contributed by atoms with Crippen molar-refractivity contribution in [3.63, 3.8) is 0 Å². The average Bonchev–Trinajstić information content (AvgIpc) is 3.00. The molecule has 0 saturated carbocycles. The third-order valence-electron chi connectivity index (χ3n) is 4.14. The highest BCUT2D eigenvalue weighted by molar-refractivity contribution is 7.89. The summed E-state index contributed by atoms with van der Waals surface area (Å²) in [6.07, 6.45) is 2.62. The van der Waals surface area contributed by atoms with Gasteiger partial charge in [-0.05, 0) is 43.9 Å². The highest BCUT2D eigenvalue weighted by Gasteiger charge is 2.42. The number of benzene rings is 1. The molecule has 7 heteroatoms. The summed E-state index contributed by atoms with van der Waals surface area (Å²) in [5, 5.41) is 9.00. The molecule has 0 amide bonds. The molecule has 2 bridgehead atoms. The van der Waals surface area contributed by atoms with Crippen molar-refractivity contribution in [2.24, 2.45) is 0 Å². The maximum absolute atomic E-state index is 12.5. The Hall–Kier alpha value is -1.44. The minimum absolute atomic E-state index is 0.0187. The summed E-state index contributed by atoms with van der Waals surface area (Å²) in [6.45, 7) is 1.65. The van der Waals surface area contributed by atoms with Gasteiger partial charge in [0, 0.05) is 0 Å². The number of sulfonamides is 1. The van der Waals surface area contributed by atoms with Gasteiger partial charge in [-0.3, -0.25) is 0 Å². The Balaban J connectivity index is 1.88. The van der Waals surface area contributed by atoms with E-state index < -0.39 is 16.0 Å². The van der Waals surface area contributed by atoms with E-state index in [0.717, 1.165) is 12.8 Å². The molecular weight excluding hydrogens is 294 g/mol. The summed E-state index contributed by atoms with van der Waals surface area (Å²) < 4.78 is 33.3. The van der Waals surface area contributed by atoms with Gasteiger partial charge in [0.25, 0.3) is 0 Å². The summed E-state index contributed by atoms with van der Waals surface area (Å²) in [7, 11) is -3.75. The first-order valence-corrected chi connectivity index (χ1v) is 8.37. The van der Waals surface area contributed by atoms with E-state index in [-0.39, 0.29) is 28.7 Å². The second kappa shape index (κ2) is 5.08. The standard InChI is InChI=1S/C14H17NO5S/c1-8-2-3-9(14(16)17)6-13(8)21(18,19)15-11-7-10-4-5-12(11)20-10/h2-3,6,10-12,15H,4-5,7H2,1H3,(H,16,17). The van der Waals surface area contributed by atoms with Crippen LogP contribution in [0.1, 0.15) is 35.2 Å². The SMILES string of the molecule is Cc1ccc(C(=O)O)cc1S(=O)(=O)NC1CC2CCC1O2. The molecule has 0 radical (unpaired) electrons. The largest absolute Gasteiger partial charge is 0.478 e. The van der Waals surface area contributed by atoms with Crippen molar-refractivity contribution in [1.82, 2.24) is 4.72 Å². The number of ether oxygens (including phenoxy) is 1. The van der Waals surface area contributed by atoms with E-state index in [1.807, 2.05) is 0 Å². The van der Waals surface area contributed by atoms with Gasteiger partial charge in [0.05, 0.1) is 28.7 Å². The van der Waals surface area contributed by atoms with Crippen LogP contribution >= 0.6 is 0 Å². The van der Waals surface area contributed by atoms with Gasteiger partial charge in [-0.1, -0.05) is 6.07 Å². The van der Waals surface area contributed by atoms with Crippen LogP contribution in [0.5, 0.6) is 0 Å². The summed E-state index contributed by atoms with van der Waals surface area (Å²) in [5.74, 6) is -1.14. The van der Waals surface area contributed by atoms with Crippen LogP contribution in [-0.2, 0) is 14.8 Å². The van der Waals surface area contributed by atoms with Crippen LogP contribution in [-0.4, -0.2) is 37.7 Å². The molecule has 2 saturated heterocycles. The topological polar surface area (TPSA) is 92.7 Å². The summed E-state index contributed by atoms with van der Waals surface area (Å²) in [4.78, 5) is 11.0. The van der Waals surface area contributed by atoms with Gasteiger partial charge in [-0.25, -0.2) is 17.9 Å². The molecule has 3 unspecified atom stereocenters. The fraction of sp³-hybridized carbons (Fsp3) is 0.500. The number of rotatable bonds is 4. The fourth-order valence-corrected chi connectivity index (χ4v) is 4.59. The number of hydrogen-bond acceptors (Lipinski definition) is 4. The van der Waals surface area contributed by atoms with Crippen LogP contribution in [0.25, 0.3) is 0 Å². The summed E-state index contributed by atoms with van der Waals surface area (Å²) in [6, 6.07) is 3.89. The van der Waals surface area contributed by atoms with Gasteiger partial charge in [0.1, 0.15) is 0 Å². The van der Waals surface area contributed by atoms with Gasteiger partial charge in [-0.15, -0.1) is 0 Å². The second-order valence-corrected chi connectivity index (χ2v) is 7.31. The Bertz CT molecular complexity index is 685. The van der Waals surface area contributed by atoms with Gasteiger partial charge >= 0.3 is 5.97 Å². The van der Waals surface area contributed by atoms with E-state index in [0.29, 0.717) is 12.0 Å². The number of carboxylic acid groups (broad SMARTS) is 1. The quantitative estimate of drug-likeness (QED) is 0.874. The fourth-order valence-electron chi connectivity index (χ4n) is 3.05. The van der Waals surface area contributed by atoms with Crippen LogP contribution in [0, 0.1) is 6.92 Å². The number of carbonyl (C=O) groups is 1. The first-order chi connectivity index (χ1) is 9.87. The highest BCUT2D eigenvalue weighted by Crippen LogP contribution is 2.35. The van der Waals surface area contributed by atoms with E-state index in [4.69, 9.17) is 9.84 Å². The van der Waals surface area contributed by atoms with E-state index in [1.54, 1.807) is 6.92 Å². The van der Waals surface area contributed by atoms with Gasteiger partial charge in [-0.2, -0.15) is 0 Å². The molecule has 3 rings (SSSR count). The van der Waals surface area contributed by atoms with Crippen molar-refractivity contribution in [3.8, 4) is 0 Å². The smallest absolute Gasteiger partial charge is 0.335 e. The molecule has 1 aromatic rings.